The van der Waals surface area contributed by atoms with Crippen LogP contribution in [0, 0.1) is 19.8 Å². The molecule has 2 aromatic rings. The van der Waals surface area contributed by atoms with Crippen molar-refractivity contribution >= 4 is 34.8 Å². The van der Waals surface area contributed by atoms with Crippen molar-refractivity contribution in [3.8, 4) is 0 Å². The number of carbonyl (C=O) groups excluding carboxylic acids is 3. The van der Waals surface area contributed by atoms with E-state index in [0.29, 0.717) is 17.9 Å². The fraction of sp³-hybridized carbons (Fsp3) is 0.286. The van der Waals surface area contributed by atoms with Gasteiger partial charge in [0.05, 0.1) is 5.92 Å². The Morgan fingerprint density at radius 3 is 2.41 bits per heavy atom. The molecule has 1 heterocycles. The number of benzene rings is 2. The largest absolute Gasteiger partial charge is 0.326 e. The minimum absolute atomic E-state index is 0.0471. The Bertz CT molecular complexity index is 907. The van der Waals surface area contributed by atoms with E-state index >= 15 is 0 Å². The Labute approximate surface area is 158 Å². The van der Waals surface area contributed by atoms with Gasteiger partial charge in [-0.25, -0.2) is 0 Å². The summed E-state index contributed by atoms with van der Waals surface area (Å²) in [6.45, 7) is 5.77. The molecule has 6 nitrogen and oxygen atoms in total. The summed E-state index contributed by atoms with van der Waals surface area (Å²) in [4.78, 5) is 37.9. The van der Waals surface area contributed by atoms with Crippen molar-refractivity contribution in [1.82, 2.24) is 0 Å². The molecular weight excluding hydrogens is 342 g/mol. The molecule has 0 unspecified atom stereocenters. The lowest BCUT2D eigenvalue weighted by atomic mass is 10.1. The second-order valence-corrected chi connectivity index (χ2v) is 6.95. The van der Waals surface area contributed by atoms with Gasteiger partial charge in [0.1, 0.15) is 0 Å². The number of carbonyl (C=O) groups is 3. The number of nitrogens with zero attached hydrogens (tertiary/aromatic N) is 1. The number of rotatable bonds is 4. The van der Waals surface area contributed by atoms with E-state index in [1.54, 1.807) is 29.2 Å². The van der Waals surface area contributed by atoms with Gasteiger partial charge >= 0.3 is 0 Å². The molecule has 1 saturated heterocycles. The summed E-state index contributed by atoms with van der Waals surface area (Å²) >= 11 is 0. The molecule has 1 aliphatic heterocycles. The quantitative estimate of drug-likeness (QED) is 0.873. The van der Waals surface area contributed by atoms with E-state index in [9.17, 15) is 14.4 Å². The molecule has 1 atom stereocenters. The molecule has 0 aliphatic carbocycles. The number of aryl methyl sites for hydroxylation is 2. The third-order valence-corrected chi connectivity index (χ3v) is 4.59. The zero-order chi connectivity index (χ0) is 19.6. The van der Waals surface area contributed by atoms with Crippen molar-refractivity contribution in [2.45, 2.75) is 27.2 Å². The highest BCUT2D eigenvalue weighted by Crippen LogP contribution is 2.29. The van der Waals surface area contributed by atoms with Gasteiger partial charge in [-0.1, -0.05) is 23.8 Å². The van der Waals surface area contributed by atoms with Crippen molar-refractivity contribution in [2.24, 2.45) is 5.92 Å². The molecule has 3 rings (SSSR count). The molecule has 0 saturated carbocycles. The summed E-state index contributed by atoms with van der Waals surface area (Å²) in [6, 6.07) is 12.9. The second-order valence-electron chi connectivity index (χ2n) is 6.95. The van der Waals surface area contributed by atoms with Crippen LogP contribution in [0.3, 0.4) is 0 Å². The molecule has 0 spiro atoms. The van der Waals surface area contributed by atoms with Gasteiger partial charge in [0, 0.05) is 37.0 Å². The Morgan fingerprint density at radius 1 is 1.04 bits per heavy atom. The molecule has 0 radical (unpaired) electrons. The first-order valence-corrected chi connectivity index (χ1v) is 8.89. The normalized spacial score (nSPS) is 16.3. The number of amides is 3. The molecule has 0 bridgehead atoms. The third kappa shape index (κ3) is 4.34. The lowest BCUT2D eigenvalue weighted by molar-refractivity contribution is -0.122. The predicted octanol–water partition coefficient (Wildman–Crippen LogP) is 3.25. The van der Waals surface area contributed by atoms with E-state index < -0.39 is 5.92 Å². The molecule has 27 heavy (non-hydrogen) atoms. The van der Waals surface area contributed by atoms with Crippen LogP contribution in [0.25, 0.3) is 0 Å². The Balaban J connectivity index is 1.70. The van der Waals surface area contributed by atoms with Gasteiger partial charge in [-0.2, -0.15) is 0 Å². The van der Waals surface area contributed by atoms with Crippen LogP contribution in [0.1, 0.15) is 24.5 Å². The van der Waals surface area contributed by atoms with E-state index in [4.69, 9.17) is 0 Å². The zero-order valence-electron chi connectivity index (χ0n) is 15.7. The standard InChI is InChI=1S/C21H23N3O3/c1-13-7-8-19(14(2)9-13)24-12-16(10-20(24)26)21(27)23-18-6-4-5-17(11-18)22-15(3)25/h4-9,11,16H,10,12H2,1-3H3,(H,22,25)(H,23,27)/t16-/m0/s1. The summed E-state index contributed by atoms with van der Waals surface area (Å²) in [7, 11) is 0. The summed E-state index contributed by atoms with van der Waals surface area (Å²) < 4.78 is 0. The van der Waals surface area contributed by atoms with Gasteiger partial charge in [-0.3, -0.25) is 14.4 Å². The van der Waals surface area contributed by atoms with E-state index in [1.165, 1.54) is 6.92 Å². The Hall–Kier alpha value is -3.15. The predicted molar refractivity (Wildman–Crippen MR) is 106 cm³/mol. The van der Waals surface area contributed by atoms with Crippen molar-refractivity contribution in [2.75, 3.05) is 22.1 Å². The molecule has 3 amide bonds. The zero-order valence-corrected chi connectivity index (χ0v) is 15.7. The summed E-state index contributed by atoms with van der Waals surface area (Å²) in [5.74, 6) is -0.837. The minimum atomic E-state index is -0.414. The number of hydrogen-bond acceptors (Lipinski definition) is 3. The van der Waals surface area contributed by atoms with Crippen LogP contribution in [-0.2, 0) is 14.4 Å². The molecular formula is C21H23N3O3. The van der Waals surface area contributed by atoms with E-state index in [2.05, 4.69) is 10.6 Å². The van der Waals surface area contributed by atoms with Gasteiger partial charge < -0.3 is 15.5 Å². The lowest BCUT2D eigenvalue weighted by Gasteiger charge is -2.19. The van der Waals surface area contributed by atoms with Crippen LogP contribution in [-0.4, -0.2) is 24.3 Å². The van der Waals surface area contributed by atoms with Crippen LogP contribution in [0.15, 0.2) is 42.5 Å². The third-order valence-electron chi connectivity index (χ3n) is 4.59. The maximum atomic E-state index is 12.6. The van der Waals surface area contributed by atoms with Crippen molar-refractivity contribution in [1.29, 1.82) is 0 Å². The van der Waals surface area contributed by atoms with Crippen molar-refractivity contribution < 1.29 is 14.4 Å². The molecule has 6 heteroatoms. The van der Waals surface area contributed by atoms with Crippen LogP contribution in [0.4, 0.5) is 17.1 Å². The van der Waals surface area contributed by atoms with E-state index in [-0.39, 0.29) is 24.1 Å². The van der Waals surface area contributed by atoms with Gasteiger partial charge in [-0.15, -0.1) is 0 Å². The van der Waals surface area contributed by atoms with Crippen molar-refractivity contribution in [3.63, 3.8) is 0 Å². The molecule has 1 aliphatic rings. The van der Waals surface area contributed by atoms with Gasteiger partial charge in [0.25, 0.3) is 0 Å². The Kier molecular flexibility index (Phi) is 5.26. The summed E-state index contributed by atoms with van der Waals surface area (Å²) in [5.41, 5.74) is 4.21. The topological polar surface area (TPSA) is 78.5 Å². The van der Waals surface area contributed by atoms with Crippen molar-refractivity contribution in [3.05, 3.63) is 53.6 Å². The average molecular weight is 365 g/mol. The summed E-state index contributed by atoms with van der Waals surface area (Å²) in [6.07, 6.45) is 0.185. The highest BCUT2D eigenvalue weighted by atomic mass is 16.2. The fourth-order valence-electron chi connectivity index (χ4n) is 3.35. The molecule has 0 aromatic heterocycles. The van der Waals surface area contributed by atoms with Crippen LogP contribution in [0.5, 0.6) is 0 Å². The molecule has 140 valence electrons. The minimum Gasteiger partial charge on any atom is -0.326 e. The van der Waals surface area contributed by atoms with Gasteiger partial charge in [-0.05, 0) is 43.7 Å². The van der Waals surface area contributed by atoms with Crippen LogP contribution >= 0.6 is 0 Å². The molecule has 1 fully saturated rings. The highest BCUT2D eigenvalue weighted by molar-refractivity contribution is 6.04. The lowest BCUT2D eigenvalue weighted by Crippen LogP contribution is -2.28. The number of hydrogen-bond donors (Lipinski definition) is 2. The number of nitrogens with one attached hydrogen (secondary N) is 2. The van der Waals surface area contributed by atoms with Crippen LogP contribution < -0.4 is 15.5 Å². The fourth-order valence-corrected chi connectivity index (χ4v) is 3.35. The van der Waals surface area contributed by atoms with Gasteiger partial charge in [0.2, 0.25) is 17.7 Å². The maximum absolute atomic E-state index is 12.6. The first-order chi connectivity index (χ1) is 12.8. The Morgan fingerprint density at radius 2 is 1.74 bits per heavy atom. The first kappa shape index (κ1) is 18.6. The van der Waals surface area contributed by atoms with E-state index in [0.717, 1.165) is 16.8 Å². The van der Waals surface area contributed by atoms with E-state index in [1.807, 2.05) is 32.0 Å². The maximum Gasteiger partial charge on any atom is 0.229 e. The second kappa shape index (κ2) is 7.61. The smallest absolute Gasteiger partial charge is 0.229 e. The molecule has 2 aromatic carbocycles. The summed E-state index contributed by atoms with van der Waals surface area (Å²) in [5, 5.41) is 5.53. The average Bonchev–Trinajstić information content (AvgIpc) is 2.96. The number of anilines is 3. The molecule has 2 N–H and O–H groups in total. The SMILES string of the molecule is CC(=O)Nc1cccc(NC(=O)[C@H]2CC(=O)N(c3ccc(C)cc3C)C2)c1. The van der Waals surface area contributed by atoms with Gasteiger partial charge in [0.15, 0.2) is 0 Å². The monoisotopic (exact) mass is 365 g/mol. The first-order valence-electron chi connectivity index (χ1n) is 8.89. The highest BCUT2D eigenvalue weighted by Gasteiger charge is 2.35. The van der Waals surface area contributed by atoms with Crippen LogP contribution in [0.2, 0.25) is 0 Å².